The second kappa shape index (κ2) is 33.8. The molecule has 0 bridgehead atoms. The quantitative estimate of drug-likeness (QED) is 0.0124. The molecular weight excluding hydrogens is 912 g/mol. The Morgan fingerprint density at radius 2 is 1.46 bits per heavy atom. The third-order valence-electron chi connectivity index (χ3n) is 10.1. The van der Waals surface area contributed by atoms with Gasteiger partial charge in [0.25, 0.3) is 0 Å². The summed E-state index contributed by atoms with van der Waals surface area (Å²) >= 11 is 0. The van der Waals surface area contributed by atoms with Gasteiger partial charge < -0.3 is 45.1 Å². The van der Waals surface area contributed by atoms with Gasteiger partial charge >= 0.3 is 33.3 Å². The van der Waals surface area contributed by atoms with Crippen molar-refractivity contribution in [3.05, 3.63) is 83.5 Å². The molecule has 21 heteroatoms. The van der Waals surface area contributed by atoms with Gasteiger partial charge in [-0.1, -0.05) is 133 Å². The van der Waals surface area contributed by atoms with E-state index >= 15 is 0 Å². The highest BCUT2D eigenvalue weighted by molar-refractivity contribution is 7.61. The van der Waals surface area contributed by atoms with Crippen molar-refractivity contribution in [2.45, 2.75) is 167 Å². The number of esters is 2. The molecule has 8 atom stereocenters. The van der Waals surface area contributed by atoms with E-state index in [-0.39, 0.29) is 18.7 Å². The summed E-state index contributed by atoms with van der Waals surface area (Å²) in [6.45, 7) is 4.07. The fourth-order valence-electron chi connectivity index (χ4n) is 6.49. The van der Waals surface area contributed by atoms with Gasteiger partial charge in [-0.3, -0.25) is 23.2 Å². The fraction of sp³-hybridized carbons (Fsp3) is 0.652. The minimum atomic E-state index is -5.44. The average molecular weight is 988 g/mol. The summed E-state index contributed by atoms with van der Waals surface area (Å²) in [5.74, 6) is -0.691. The van der Waals surface area contributed by atoms with Crippen molar-refractivity contribution < 1.29 is 71.4 Å². The number of aliphatic hydroxyl groups is 3. The van der Waals surface area contributed by atoms with Crippen LogP contribution in [-0.4, -0.2) is 96.9 Å². The minimum absolute atomic E-state index is 0.0479. The van der Waals surface area contributed by atoms with Crippen molar-refractivity contribution >= 4 is 33.4 Å². The van der Waals surface area contributed by atoms with Crippen LogP contribution in [0.2, 0.25) is 0 Å². The van der Waals surface area contributed by atoms with Crippen molar-refractivity contribution in [1.29, 1.82) is 0 Å². The molecule has 1 aromatic rings. The third-order valence-corrected chi connectivity index (χ3v) is 12.7. The number of allylic oxidation sites excluding steroid dienone is 8. The number of ether oxygens (including phenoxy) is 3. The van der Waals surface area contributed by atoms with Gasteiger partial charge in [-0.25, -0.2) is 13.9 Å². The molecule has 0 amide bonds. The molecule has 0 aromatic carbocycles. The van der Waals surface area contributed by atoms with E-state index in [1.165, 1.54) is 31.7 Å². The Bertz CT molecular complexity index is 1890. The number of unbranched alkanes of at least 4 members (excludes halogenated alkanes) is 8. The van der Waals surface area contributed by atoms with Crippen LogP contribution in [0.4, 0.5) is 5.82 Å². The molecule has 19 nitrogen and oxygen atoms in total. The molecular formula is C46H75N3O16P2. The first-order chi connectivity index (χ1) is 31.9. The third kappa shape index (κ3) is 27.9. The maximum Gasteiger partial charge on any atom is 0.481 e. The zero-order valence-electron chi connectivity index (χ0n) is 39.2. The van der Waals surface area contributed by atoms with Crippen LogP contribution in [-0.2, 0) is 46.3 Å². The number of phosphoric ester groups is 2. The van der Waals surface area contributed by atoms with E-state index < -0.39 is 89.8 Å². The molecule has 67 heavy (non-hydrogen) atoms. The van der Waals surface area contributed by atoms with E-state index in [2.05, 4.69) is 23.1 Å². The van der Waals surface area contributed by atoms with Crippen LogP contribution in [0.25, 0.3) is 0 Å². The van der Waals surface area contributed by atoms with E-state index in [0.717, 1.165) is 49.3 Å². The molecule has 1 aromatic heterocycles. The van der Waals surface area contributed by atoms with E-state index in [9.17, 15) is 48.6 Å². The Labute approximate surface area is 395 Å². The lowest BCUT2D eigenvalue weighted by molar-refractivity contribution is -0.161. The van der Waals surface area contributed by atoms with Crippen LogP contribution in [0.1, 0.15) is 136 Å². The molecule has 0 spiro atoms. The molecule has 0 radical (unpaired) electrons. The zero-order chi connectivity index (χ0) is 49.5. The Balaban J connectivity index is 1.86. The molecule has 2 rings (SSSR count). The molecule has 1 aliphatic heterocycles. The number of phosphoric acid groups is 2. The van der Waals surface area contributed by atoms with Gasteiger partial charge in [0, 0.05) is 19.0 Å². The topological polar surface area (TPSA) is 286 Å². The first-order valence-electron chi connectivity index (χ1n) is 23.3. The largest absolute Gasteiger partial charge is 0.481 e. The number of carbonyl (C=O) groups is 2. The predicted molar refractivity (Wildman–Crippen MR) is 253 cm³/mol. The first kappa shape index (κ1) is 59.5. The van der Waals surface area contributed by atoms with Gasteiger partial charge in [-0.2, -0.15) is 9.29 Å². The summed E-state index contributed by atoms with van der Waals surface area (Å²) < 4.78 is 56.5. The van der Waals surface area contributed by atoms with Crippen molar-refractivity contribution in [2.24, 2.45) is 5.92 Å². The van der Waals surface area contributed by atoms with Gasteiger partial charge in [0.15, 0.2) is 12.3 Å². The molecule has 0 saturated carbocycles. The Morgan fingerprint density at radius 3 is 2.15 bits per heavy atom. The standard InChI is InChI=1S/C46H75N3O16P2/c1-4-5-27-37(50)28-23-19-15-10-8-6-7-9-11-17-21-25-30-42(52)63-38(33-60-41(51)29-24-20-16-13-12-14-18-22-26-36(2)3)34-61-66(56,57)65-67(58,59)62-35-39-43(53)44(54)45(64-39)49-32-31-40(47)48-46(49)55/h5-7,10-11,15,17,19,23,27,31-32,36-39,43-45,50,53-54H,4,8-9,12-14,16,18,20-22,24-26,28-30,33-35H2,1-3H3,(H,56,57)(H,58,59)(H2,47,48,55)/b7-6-,15-10-,17-11-,23-19+,27-5-/t37?,38-,39-,43-,44-,45-/m1/s1. The summed E-state index contributed by atoms with van der Waals surface area (Å²) in [4.78, 5) is 61.7. The van der Waals surface area contributed by atoms with E-state index in [4.69, 9.17) is 29.0 Å². The lowest BCUT2D eigenvalue weighted by Crippen LogP contribution is -2.36. The van der Waals surface area contributed by atoms with E-state index in [1.54, 1.807) is 6.08 Å². The van der Waals surface area contributed by atoms with Gasteiger partial charge in [0.2, 0.25) is 0 Å². The number of nitrogens with zero attached hydrogens (tertiary/aromatic N) is 2. The highest BCUT2D eigenvalue weighted by atomic mass is 31.3. The van der Waals surface area contributed by atoms with Crippen molar-refractivity contribution in [3.8, 4) is 0 Å². The van der Waals surface area contributed by atoms with Crippen LogP contribution in [0, 0.1) is 5.92 Å². The molecule has 1 saturated heterocycles. The number of nitrogens with two attached hydrogens (primary N) is 1. The molecule has 380 valence electrons. The van der Waals surface area contributed by atoms with Crippen LogP contribution in [0.3, 0.4) is 0 Å². The average Bonchev–Trinajstić information content (AvgIpc) is 3.54. The van der Waals surface area contributed by atoms with Crippen molar-refractivity contribution in [3.63, 3.8) is 0 Å². The fourth-order valence-corrected chi connectivity index (χ4v) is 8.60. The molecule has 1 aliphatic rings. The lowest BCUT2D eigenvalue weighted by atomic mass is 10.0. The van der Waals surface area contributed by atoms with Crippen molar-refractivity contribution in [2.75, 3.05) is 25.6 Å². The minimum Gasteiger partial charge on any atom is -0.462 e. The Kier molecular flexibility index (Phi) is 30.1. The Hall–Kier alpha value is -3.58. The number of rotatable bonds is 36. The summed E-state index contributed by atoms with van der Waals surface area (Å²) in [5.41, 5.74) is 4.57. The van der Waals surface area contributed by atoms with E-state index in [0.29, 0.717) is 38.0 Å². The number of aliphatic hydroxyl groups excluding tert-OH is 3. The van der Waals surface area contributed by atoms with Crippen LogP contribution >= 0.6 is 15.6 Å². The molecule has 1 fully saturated rings. The molecule has 0 aliphatic carbocycles. The number of anilines is 1. The predicted octanol–water partition coefficient (Wildman–Crippen LogP) is 7.60. The van der Waals surface area contributed by atoms with Gasteiger partial charge in [0.1, 0.15) is 30.7 Å². The highest BCUT2D eigenvalue weighted by Gasteiger charge is 2.46. The number of carbonyl (C=O) groups excluding carboxylic acids is 2. The normalized spacial score (nSPS) is 20.7. The van der Waals surface area contributed by atoms with Crippen LogP contribution in [0.15, 0.2) is 77.8 Å². The monoisotopic (exact) mass is 987 g/mol. The molecule has 7 N–H and O–H groups in total. The molecule has 3 unspecified atom stereocenters. The maximum atomic E-state index is 12.8. The SMILES string of the molecule is CC/C=C\C(O)C/C=C/C=C\C/C=C\C/C=C\CCCC(=O)O[C@H](COC(=O)CCCCCCCCCCC(C)C)COP(=O)(O)OP(=O)(O)OC[C@H]1O[C@@H](n2ccc(N)nc2=O)[C@H](O)[C@@H]1O. The Morgan fingerprint density at radius 1 is 0.836 bits per heavy atom. The smallest absolute Gasteiger partial charge is 0.462 e. The maximum absolute atomic E-state index is 12.8. The second-order valence-electron chi connectivity index (χ2n) is 16.6. The number of hydrogen-bond acceptors (Lipinski definition) is 16. The summed E-state index contributed by atoms with van der Waals surface area (Å²) in [6, 6.07) is 1.24. The van der Waals surface area contributed by atoms with E-state index in [1.807, 2.05) is 61.6 Å². The summed E-state index contributed by atoms with van der Waals surface area (Å²) in [7, 11) is -10.9. The first-order valence-corrected chi connectivity index (χ1v) is 26.3. The van der Waals surface area contributed by atoms with Gasteiger partial charge in [-0.05, 0) is 56.9 Å². The van der Waals surface area contributed by atoms with Crippen LogP contribution in [0.5, 0.6) is 0 Å². The van der Waals surface area contributed by atoms with Crippen LogP contribution < -0.4 is 11.4 Å². The van der Waals surface area contributed by atoms with Crippen molar-refractivity contribution in [1.82, 2.24) is 9.55 Å². The number of aromatic nitrogens is 2. The molecule has 2 heterocycles. The summed E-state index contributed by atoms with van der Waals surface area (Å²) in [6.07, 6.45) is 25.5. The highest BCUT2D eigenvalue weighted by Crippen LogP contribution is 2.60. The summed E-state index contributed by atoms with van der Waals surface area (Å²) in [5, 5.41) is 30.7. The second-order valence-corrected chi connectivity index (χ2v) is 19.6. The number of nitrogen functional groups attached to an aromatic ring is 1. The zero-order valence-corrected chi connectivity index (χ0v) is 41.0. The number of hydrogen-bond donors (Lipinski definition) is 6. The van der Waals surface area contributed by atoms with Gasteiger partial charge in [-0.15, -0.1) is 0 Å². The van der Waals surface area contributed by atoms with Gasteiger partial charge in [0.05, 0.1) is 19.3 Å². The lowest BCUT2D eigenvalue weighted by Gasteiger charge is -2.21.